The molecule has 10 heavy (non-hydrogen) atoms. The van der Waals surface area contributed by atoms with Crippen molar-refractivity contribution in [3.63, 3.8) is 0 Å². The van der Waals surface area contributed by atoms with Gasteiger partial charge in [0.2, 0.25) is 0 Å². The lowest BCUT2D eigenvalue weighted by molar-refractivity contribution is 0.00354. The van der Waals surface area contributed by atoms with Gasteiger partial charge in [-0.3, -0.25) is 0 Å². The Bertz CT molecular complexity index is 151. The third-order valence-electron chi connectivity index (χ3n) is 2.88. The zero-order chi connectivity index (χ0) is 7.19. The van der Waals surface area contributed by atoms with E-state index in [2.05, 4.69) is 4.90 Å². The van der Waals surface area contributed by atoms with E-state index in [1.807, 2.05) is 0 Å². The highest BCUT2D eigenvalue weighted by Gasteiger charge is 2.47. The molecule has 3 heteroatoms. The summed E-state index contributed by atoms with van der Waals surface area (Å²) in [5.74, 6) is 0.456. The van der Waals surface area contributed by atoms with Gasteiger partial charge in [-0.2, -0.15) is 0 Å². The fourth-order valence-electron chi connectivity index (χ4n) is 2.16. The smallest absolute Gasteiger partial charge is 0.0936 e. The van der Waals surface area contributed by atoms with Crippen molar-refractivity contribution in [3.8, 4) is 0 Å². The summed E-state index contributed by atoms with van der Waals surface area (Å²) in [5.41, 5.74) is 4.93. The van der Waals surface area contributed by atoms with Crippen LogP contribution in [0.4, 0.5) is 0 Å². The molecular weight excluding hydrogens is 128 g/mol. The Morgan fingerprint density at radius 2 is 2.50 bits per heavy atom. The minimum atomic E-state index is -0.543. The molecule has 2 fully saturated rings. The number of hydrogen-bond acceptors (Lipinski definition) is 3. The summed E-state index contributed by atoms with van der Waals surface area (Å²) in [6, 6.07) is 0. The lowest BCUT2D eigenvalue weighted by atomic mass is 9.88. The van der Waals surface area contributed by atoms with Crippen LogP contribution in [0.1, 0.15) is 6.42 Å². The van der Waals surface area contributed by atoms with Crippen LogP contribution in [0.3, 0.4) is 0 Å². The van der Waals surface area contributed by atoms with Crippen LogP contribution < -0.4 is 5.73 Å². The molecule has 0 aromatic heterocycles. The second-order valence-electron chi connectivity index (χ2n) is 3.53. The Morgan fingerprint density at radius 3 is 2.80 bits per heavy atom. The van der Waals surface area contributed by atoms with Crippen LogP contribution in [0.25, 0.3) is 0 Å². The summed E-state index contributed by atoms with van der Waals surface area (Å²) in [6.07, 6.45) is 1.13. The Hall–Kier alpha value is -0.120. The summed E-state index contributed by atoms with van der Waals surface area (Å²) >= 11 is 0. The van der Waals surface area contributed by atoms with Gasteiger partial charge in [0, 0.05) is 25.6 Å². The predicted molar refractivity (Wildman–Crippen MR) is 38.6 cm³/mol. The summed E-state index contributed by atoms with van der Waals surface area (Å²) in [7, 11) is 0. The van der Waals surface area contributed by atoms with Crippen molar-refractivity contribution in [2.24, 2.45) is 11.7 Å². The number of piperidine rings is 1. The van der Waals surface area contributed by atoms with Gasteiger partial charge >= 0.3 is 0 Å². The van der Waals surface area contributed by atoms with Crippen LogP contribution in [0.5, 0.6) is 0 Å². The first-order valence-electron chi connectivity index (χ1n) is 3.89. The number of rotatable bonds is 1. The summed E-state index contributed by atoms with van der Waals surface area (Å²) in [4.78, 5) is 2.29. The van der Waals surface area contributed by atoms with Crippen LogP contribution >= 0.6 is 0 Å². The van der Waals surface area contributed by atoms with Gasteiger partial charge in [0.05, 0.1) is 5.60 Å². The highest BCUT2D eigenvalue weighted by Crippen LogP contribution is 2.35. The quantitative estimate of drug-likeness (QED) is 0.494. The van der Waals surface area contributed by atoms with E-state index in [0.717, 1.165) is 26.1 Å². The van der Waals surface area contributed by atoms with Crippen LogP contribution in [-0.2, 0) is 0 Å². The third kappa shape index (κ3) is 0.713. The molecule has 0 saturated carbocycles. The van der Waals surface area contributed by atoms with E-state index in [4.69, 9.17) is 5.73 Å². The lowest BCUT2D eigenvalue weighted by Gasteiger charge is -2.30. The molecule has 3 N–H and O–H groups in total. The number of nitrogens with two attached hydrogens (primary N) is 1. The first-order chi connectivity index (χ1) is 4.74. The lowest BCUT2D eigenvalue weighted by Crippen LogP contribution is -2.48. The van der Waals surface area contributed by atoms with Crippen molar-refractivity contribution < 1.29 is 5.11 Å². The first-order valence-corrected chi connectivity index (χ1v) is 3.89. The van der Waals surface area contributed by atoms with E-state index >= 15 is 0 Å². The number of nitrogens with zero attached hydrogens (tertiary/aromatic N) is 1. The van der Waals surface area contributed by atoms with Gasteiger partial charge < -0.3 is 15.7 Å². The summed E-state index contributed by atoms with van der Waals surface area (Å²) < 4.78 is 0. The molecular formula is C7H14N2O. The minimum Gasteiger partial charge on any atom is -0.387 e. The van der Waals surface area contributed by atoms with Crippen LogP contribution in [0.2, 0.25) is 0 Å². The molecule has 2 rings (SSSR count). The van der Waals surface area contributed by atoms with Gasteiger partial charge in [-0.15, -0.1) is 0 Å². The van der Waals surface area contributed by atoms with E-state index < -0.39 is 5.60 Å². The molecule has 2 aliphatic heterocycles. The van der Waals surface area contributed by atoms with Crippen molar-refractivity contribution in [3.05, 3.63) is 0 Å². The van der Waals surface area contributed by atoms with Gasteiger partial charge in [-0.1, -0.05) is 0 Å². The van der Waals surface area contributed by atoms with E-state index in [1.54, 1.807) is 0 Å². The molecule has 2 aliphatic rings. The molecule has 0 aromatic carbocycles. The number of aliphatic hydroxyl groups is 1. The molecule has 3 nitrogen and oxygen atoms in total. The monoisotopic (exact) mass is 142 g/mol. The summed E-state index contributed by atoms with van der Waals surface area (Å²) in [5, 5.41) is 9.82. The fraction of sp³-hybridized carbons (Fsp3) is 1.00. The Labute approximate surface area is 60.8 Å². The largest absolute Gasteiger partial charge is 0.387 e. The zero-order valence-corrected chi connectivity index (χ0v) is 6.08. The van der Waals surface area contributed by atoms with Gasteiger partial charge in [-0.25, -0.2) is 0 Å². The maximum atomic E-state index is 9.82. The molecule has 3 atom stereocenters. The second kappa shape index (κ2) is 1.94. The molecule has 0 aromatic rings. The highest BCUT2D eigenvalue weighted by molar-refractivity contribution is 5.02. The van der Waals surface area contributed by atoms with Gasteiger partial charge in [0.1, 0.15) is 0 Å². The molecule has 0 radical (unpaired) electrons. The molecule has 58 valence electrons. The van der Waals surface area contributed by atoms with Crippen molar-refractivity contribution in [2.75, 3.05) is 26.2 Å². The Kier molecular flexibility index (Phi) is 1.27. The zero-order valence-electron chi connectivity index (χ0n) is 6.08. The standard InChI is InChI=1S/C7H14N2O/c8-4-7(10)5-9-2-1-6(7)3-9/h6,10H,1-5,8H2. The number of fused-ring (bicyclic) bond motifs is 2. The molecule has 0 spiro atoms. The first kappa shape index (κ1) is 6.58. The summed E-state index contributed by atoms with van der Waals surface area (Å²) in [6.45, 7) is 3.45. The van der Waals surface area contributed by atoms with Gasteiger partial charge in [-0.05, 0) is 13.0 Å². The van der Waals surface area contributed by atoms with E-state index in [9.17, 15) is 5.11 Å². The third-order valence-corrected chi connectivity index (χ3v) is 2.88. The second-order valence-corrected chi connectivity index (χ2v) is 3.53. The number of hydrogen-bond donors (Lipinski definition) is 2. The van der Waals surface area contributed by atoms with E-state index in [1.165, 1.54) is 0 Å². The predicted octanol–water partition coefficient (Wildman–Crippen LogP) is -0.988. The van der Waals surface area contributed by atoms with Gasteiger partial charge in [0.15, 0.2) is 0 Å². The molecule has 2 heterocycles. The van der Waals surface area contributed by atoms with E-state index in [0.29, 0.717) is 12.5 Å². The fourth-order valence-corrected chi connectivity index (χ4v) is 2.16. The Morgan fingerprint density at radius 1 is 1.70 bits per heavy atom. The van der Waals surface area contributed by atoms with Crippen molar-refractivity contribution in [2.45, 2.75) is 12.0 Å². The maximum Gasteiger partial charge on any atom is 0.0936 e. The molecule has 0 amide bonds. The molecule has 0 aliphatic carbocycles. The van der Waals surface area contributed by atoms with Crippen LogP contribution in [-0.4, -0.2) is 41.8 Å². The average Bonchev–Trinajstić information content (AvgIpc) is 2.46. The Balaban J connectivity index is 2.14. The van der Waals surface area contributed by atoms with Crippen molar-refractivity contribution in [1.82, 2.24) is 4.90 Å². The molecule has 2 saturated heterocycles. The van der Waals surface area contributed by atoms with Crippen molar-refractivity contribution in [1.29, 1.82) is 0 Å². The molecule has 3 unspecified atom stereocenters. The average molecular weight is 142 g/mol. The SMILES string of the molecule is NCC1(O)CN2CCC1C2. The maximum absolute atomic E-state index is 9.82. The topological polar surface area (TPSA) is 49.5 Å². The van der Waals surface area contributed by atoms with E-state index in [-0.39, 0.29) is 0 Å². The van der Waals surface area contributed by atoms with Gasteiger partial charge in [0.25, 0.3) is 0 Å². The molecule has 2 bridgehead atoms. The normalized spacial score (nSPS) is 52.2. The van der Waals surface area contributed by atoms with Crippen LogP contribution in [0, 0.1) is 5.92 Å². The minimum absolute atomic E-state index is 0.425. The highest BCUT2D eigenvalue weighted by atomic mass is 16.3. The van der Waals surface area contributed by atoms with Crippen molar-refractivity contribution >= 4 is 0 Å². The van der Waals surface area contributed by atoms with Crippen LogP contribution in [0.15, 0.2) is 0 Å².